The first-order valence-electron chi connectivity index (χ1n) is 13.7. The molecule has 1 aliphatic rings. The zero-order valence-corrected chi connectivity index (χ0v) is 27.1. The zero-order chi connectivity index (χ0) is 32.0. The van der Waals surface area contributed by atoms with Gasteiger partial charge in [0.15, 0.2) is 23.0 Å². The van der Waals surface area contributed by atoms with Crippen LogP contribution in [0.3, 0.4) is 0 Å². The number of amides is 1. The molecule has 1 aliphatic heterocycles. The standard InChI is InChI=1S/C32H34N4O6S2/c1-19-22(17-28-31(38)36(32(43)44-28)14-12-21-8-10-25(40-4)27(16-21)42-6)29(35(2)30(37)23(19)18-33)34-13-11-20-7-9-24(39-3)26(15-20)41-5/h7-10,15-17,34H,11-14H2,1-6H3/b28-17+. The summed E-state index contributed by atoms with van der Waals surface area (Å²) in [5, 5.41) is 13.1. The van der Waals surface area contributed by atoms with Crippen molar-refractivity contribution in [2.24, 2.45) is 7.05 Å². The number of pyridine rings is 1. The first-order valence-corrected chi connectivity index (χ1v) is 14.9. The van der Waals surface area contributed by atoms with Gasteiger partial charge < -0.3 is 24.3 Å². The fraction of sp³-hybridized carbons (Fsp3) is 0.312. The Bertz CT molecular complexity index is 1730. The summed E-state index contributed by atoms with van der Waals surface area (Å²) < 4.78 is 23.3. The predicted octanol–water partition coefficient (Wildman–Crippen LogP) is 4.70. The minimum atomic E-state index is -0.418. The van der Waals surface area contributed by atoms with E-state index in [0.29, 0.717) is 75.1 Å². The second kappa shape index (κ2) is 14.3. The minimum Gasteiger partial charge on any atom is -0.493 e. The first kappa shape index (κ1) is 32.4. The molecule has 12 heteroatoms. The summed E-state index contributed by atoms with van der Waals surface area (Å²) in [6.07, 6.45) is 2.88. The number of carbonyl (C=O) groups excluding carboxylic acids is 1. The zero-order valence-electron chi connectivity index (χ0n) is 25.5. The van der Waals surface area contributed by atoms with Crippen molar-refractivity contribution in [1.29, 1.82) is 5.26 Å². The number of nitriles is 1. The fourth-order valence-electron chi connectivity index (χ4n) is 4.91. The Morgan fingerprint density at radius 3 is 2.05 bits per heavy atom. The minimum absolute atomic E-state index is 0.0214. The summed E-state index contributed by atoms with van der Waals surface area (Å²) in [6.45, 7) is 2.56. The molecule has 44 heavy (non-hydrogen) atoms. The van der Waals surface area contributed by atoms with Crippen molar-refractivity contribution in [3.63, 3.8) is 0 Å². The Morgan fingerprint density at radius 1 is 0.932 bits per heavy atom. The molecule has 1 fully saturated rings. The number of hydrogen-bond donors (Lipinski definition) is 1. The second-order valence-electron chi connectivity index (χ2n) is 9.88. The maximum Gasteiger partial charge on any atom is 0.270 e. The molecule has 0 saturated carbocycles. The van der Waals surface area contributed by atoms with Crippen LogP contribution in [0.5, 0.6) is 23.0 Å². The Kier molecular flexibility index (Phi) is 10.6. The number of benzene rings is 2. The highest BCUT2D eigenvalue weighted by Gasteiger charge is 2.32. The van der Waals surface area contributed by atoms with Gasteiger partial charge in [0.1, 0.15) is 21.8 Å². The van der Waals surface area contributed by atoms with E-state index < -0.39 is 5.56 Å². The molecule has 2 heterocycles. The lowest BCUT2D eigenvalue weighted by Crippen LogP contribution is -2.30. The Hall–Kier alpha value is -4.47. The molecular formula is C32H34N4O6S2. The molecule has 0 radical (unpaired) electrons. The van der Waals surface area contributed by atoms with E-state index in [0.717, 1.165) is 11.1 Å². The van der Waals surface area contributed by atoms with Crippen molar-refractivity contribution in [2.75, 3.05) is 46.8 Å². The largest absolute Gasteiger partial charge is 0.493 e. The molecule has 10 nitrogen and oxygen atoms in total. The van der Waals surface area contributed by atoms with Crippen LogP contribution in [-0.2, 0) is 24.7 Å². The average molecular weight is 635 g/mol. The number of aromatic nitrogens is 1. The van der Waals surface area contributed by atoms with Gasteiger partial charge in [-0.05, 0) is 66.8 Å². The summed E-state index contributed by atoms with van der Waals surface area (Å²) in [5.41, 5.74) is 2.64. The van der Waals surface area contributed by atoms with Crippen LogP contribution in [0.25, 0.3) is 6.08 Å². The number of nitrogens with zero attached hydrogens (tertiary/aromatic N) is 3. The van der Waals surface area contributed by atoms with E-state index in [2.05, 4.69) is 5.32 Å². The van der Waals surface area contributed by atoms with Crippen molar-refractivity contribution in [3.05, 3.63) is 79.5 Å². The van der Waals surface area contributed by atoms with E-state index in [4.69, 9.17) is 31.2 Å². The van der Waals surface area contributed by atoms with Crippen LogP contribution in [0.1, 0.15) is 27.8 Å². The SMILES string of the molecule is COc1ccc(CCNc2c(/C=C3/SC(=S)N(CCc4ccc(OC)c(OC)c4)C3=O)c(C)c(C#N)c(=O)n2C)cc1OC. The van der Waals surface area contributed by atoms with Crippen molar-refractivity contribution >= 4 is 46.1 Å². The summed E-state index contributed by atoms with van der Waals surface area (Å²) in [7, 11) is 7.93. The van der Waals surface area contributed by atoms with E-state index in [1.54, 1.807) is 53.4 Å². The molecule has 0 atom stereocenters. The van der Waals surface area contributed by atoms with Crippen LogP contribution in [0.4, 0.5) is 5.82 Å². The molecular weight excluding hydrogens is 601 g/mol. The molecule has 4 rings (SSSR count). The number of nitrogens with one attached hydrogen (secondary N) is 1. The lowest BCUT2D eigenvalue weighted by Gasteiger charge is -2.18. The number of hydrogen-bond acceptors (Lipinski definition) is 10. The van der Waals surface area contributed by atoms with E-state index in [1.165, 1.54) is 16.3 Å². The smallest absolute Gasteiger partial charge is 0.270 e. The topological polar surface area (TPSA) is 115 Å². The van der Waals surface area contributed by atoms with Gasteiger partial charge >= 0.3 is 0 Å². The molecule has 0 unspecified atom stereocenters. The highest BCUT2D eigenvalue weighted by Crippen LogP contribution is 2.35. The molecule has 1 aromatic heterocycles. The molecule has 0 aliphatic carbocycles. The van der Waals surface area contributed by atoms with Gasteiger partial charge in [-0.25, -0.2) is 0 Å². The summed E-state index contributed by atoms with van der Waals surface area (Å²) in [5.74, 6) is 2.77. The Morgan fingerprint density at radius 2 is 1.50 bits per heavy atom. The van der Waals surface area contributed by atoms with Gasteiger partial charge in [0.2, 0.25) is 0 Å². The lowest BCUT2D eigenvalue weighted by molar-refractivity contribution is -0.122. The number of rotatable bonds is 12. The third kappa shape index (κ3) is 6.69. The van der Waals surface area contributed by atoms with E-state index in [9.17, 15) is 14.9 Å². The van der Waals surface area contributed by atoms with Gasteiger partial charge in [0.25, 0.3) is 11.5 Å². The molecule has 1 saturated heterocycles. The van der Waals surface area contributed by atoms with Gasteiger partial charge in [0, 0.05) is 25.7 Å². The van der Waals surface area contributed by atoms with Crippen molar-refractivity contribution in [3.8, 4) is 29.1 Å². The first-order chi connectivity index (χ1) is 21.2. The second-order valence-corrected chi connectivity index (χ2v) is 11.6. The van der Waals surface area contributed by atoms with Gasteiger partial charge in [-0.3, -0.25) is 19.1 Å². The van der Waals surface area contributed by atoms with Crippen molar-refractivity contribution < 1.29 is 23.7 Å². The van der Waals surface area contributed by atoms with Gasteiger partial charge in [-0.2, -0.15) is 5.26 Å². The van der Waals surface area contributed by atoms with Crippen molar-refractivity contribution in [2.45, 2.75) is 19.8 Å². The highest BCUT2D eigenvalue weighted by molar-refractivity contribution is 8.26. The van der Waals surface area contributed by atoms with Crippen LogP contribution in [0, 0.1) is 18.3 Å². The van der Waals surface area contributed by atoms with Crippen LogP contribution in [0.15, 0.2) is 46.1 Å². The maximum atomic E-state index is 13.5. The number of ether oxygens (including phenoxy) is 4. The molecule has 2 aromatic carbocycles. The van der Waals surface area contributed by atoms with E-state index in [1.807, 2.05) is 42.5 Å². The van der Waals surface area contributed by atoms with Crippen LogP contribution < -0.4 is 29.8 Å². The number of thioether (sulfide) groups is 1. The average Bonchev–Trinajstić information content (AvgIpc) is 3.30. The summed E-state index contributed by atoms with van der Waals surface area (Å²) in [4.78, 5) is 28.5. The van der Waals surface area contributed by atoms with E-state index >= 15 is 0 Å². The maximum absolute atomic E-state index is 13.5. The number of methoxy groups -OCH3 is 4. The summed E-state index contributed by atoms with van der Waals surface area (Å²) >= 11 is 6.77. The quantitative estimate of drug-likeness (QED) is 0.222. The van der Waals surface area contributed by atoms with Crippen molar-refractivity contribution in [1.82, 2.24) is 9.47 Å². The molecule has 230 valence electrons. The monoisotopic (exact) mass is 634 g/mol. The van der Waals surface area contributed by atoms with E-state index in [-0.39, 0.29) is 11.5 Å². The highest BCUT2D eigenvalue weighted by atomic mass is 32.2. The Labute approximate surface area is 266 Å². The lowest BCUT2D eigenvalue weighted by atomic mass is 10.0. The third-order valence-corrected chi connectivity index (χ3v) is 8.75. The summed E-state index contributed by atoms with van der Waals surface area (Å²) in [6, 6.07) is 13.3. The van der Waals surface area contributed by atoms with Crippen LogP contribution >= 0.6 is 24.0 Å². The third-order valence-electron chi connectivity index (χ3n) is 7.37. The van der Waals surface area contributed by atoms with Crippen LogP contribution in [-0.4, -0.2) is 61.2 Å². The number of anilines is 1. The van der Waals surface area contributed by atoms with Gasteiger partial charge in [0.05, 0.1) is 33.3 Å². The molecule has 3 aromatic rings. The number of carbonyl (C=O) groups is 1. The molecule has 0 bridgehead atoms. The van der Waals surface area contributed by atoms with Gasteiger partial charge in [-0.1, -0.05) is 36.1 Å². The number of thiocarbonyl (C=S) groups is 1. The fourth-order valence-corrected chi connectivity index (χ4v) is 6.20. The molecule has 1 amide bonds. The molecule has 1 N–H and O–H groups in total. The van der Waals surface area contributed by atoms with Gasteiger partial charge in [-0.15, -0.1) is 0 Å². The predicted molar refractivity (Wildman–Crippen MR) is 176 cm³/mol. The Balaban J connectivity index is 1.59. The van der Waals surface area contributed by atoms with Crippen LogP contribution in [0.2, 0.25) is 0 Å². The normalized spacial score (nSPS) is 13.7. The molecule has 0 spiro atoms.